The van der Waals surface area contributed by atoms with Crippen LogP contribution in [-0.4, -0.2) is 58.0 Å². The fourth-order valence-corrected chi connectivity index (χ4v) is 6.44. The highest BCUT2D eigenvalue weighted by molar-refractivity contribution is 5.93. The molecule has 3 N–H and O–H groups in total. The summed E-state index contributed by atoms with van der Waals surface area (Å²) in [5.41, 5.74) is 3.88. The van der Waals surface area contributed by atoms with Crippen LogP contribution < -0.4 is 5.32 Å². The minimum Gasteiger partial charge on any atom is -0.361 e. The Morgan fingerprint density at radius 2 is 1.67 bits per heavy atom. The lowest BCUT2D eigenvalue weighted by Gasteiger charge is -2.23. The van der Waals surface area contributed by atoms with E-state index in [0.29, 0.717) is 19.6 Å². The van der Waals surface area contributed by atoms with Gasteiger partial charge in [0.25, 0.3) is 0 Å². The number of carbonyl (C=O) groups is 2. The number of aromatic amines is 2. The zero-order valence-electron chi connectivity index (χ0n) is 19.9. The third-order valence-corrected chi connectivity index (χ3v) is 8.18. The minimum atomic E-state index is -0.680. The van der Waals surface area contributed by atoms with Gasteiger partial charge >= 0.3 is 0 Å². The van der Waals surface area contributed by atoms with E-state index in [4.69, 9.17) is 4.74 Å². The Morgan fingerprint density at radius 1 is 1.00 bits per heavy atom. The molecular weight excluding hydrogens is 452 g/mol. The second-order valence-electron chi connectivity index (χ2n) is 10.2. The summed E-state index contributed by atoms with van der Waals surface area (Å²) < 4.78 is 6.29. The number of nitrogens with one attached hydrogen (secondary N) is 3. The van der Waals surface area contributed by atoms with Crippen molar-refractivity contribution in [1.82, 2.24) is 20.2 Å². The molecule has 4 aromatic rings. The van der Waals surface area contributed by atoms with Crippen LogP contribution in [0.15, 0.2) is 73.1 Å². The van der Waals surface area contributed by atoms with E-state index < -0.39 is 17.4 Å². The number of hydrogen-bond acceptors (Lipinski definition) is 3. The Labute approximate surface area is 208 Å². The Kier molecular flexibility index (Phi) is 4.82. The summed E-state index contributed by atoms with van der Waals surface area (Å²) in [6.07, 6.45) is 9.16. The lowest BCUT2D eigenvalue weighted by Crippen LogP contribution is -2.44. The van der Waals surface area contributed by atoms with Gasteiger partial charge in [-0.15, -0.1) is 0 Å². The maximum Gasteiger partial charge on any atom is 0.230 e. The molecule has 2 amide bonds. The van der Waals surface area contributed by atoms with Gasteiger partial charge in [0.15, 0.2) is 0 Å². The quantitative estimate of drug-likeness (QED) is 0.355. The number of para-hydroxylation sites is 2. The van der Waals surface area contributed by atoms with Crippen molar-refractivity contribution >= 4 is 33.6 Å². The topological polar surface area (TPSA) is 90.2 Å². The van der Waals surface area contributed by atoms with Gasteiger partial charge in [-0.25, -0.2) is 0 Å². The largest absolute Gasteiger partial charge is 0.361 e. The number of benzene rings is 2. The second-order valence-corrected chi connectivity index (χ2v) is 10.2. The van der Waals surface area contributed by atoms with Crippen LogP contribution in [0.1, 0.15) is 11.1 Å². The number of nitrogens with zero attached hydrogens (tertiary/aromatic N) is 1. The van der Waals surface area contributed by atoms with Crippen LogP contribution in [-0.2, 0) is 27.2 Å². The Balaban J connectivity index is 1.03. The van der Waals surface area contributed by atoms with Gasteiger partial charge in [-0.3, -0.25) is 9.59 Å². The van der Waals surface area contributed by atoms with Crippen molar-refractivity contribution in [3.63, 3.8) is 0 Å². The second kappa shape index (κ2) is 8.10. The molecular formula is C29H28N4O3. The van der Waals surface area contributed by atoms with E-state index in [-0.39, 0.29) is 17.9 Å². The number of likely N-dealkylation sites (tertiary alicyclic amines) is 1. The smallest absolute Gasteiger partial charge is 0.230 e. The maximum atomic E-state index is 13.5. The SMILES string of the molecule is O=C(NCCc1c[nH]c2ccccc12)[C@H]1[C@@H]2C=C[C@]3(CN(CCc4c[nH]c5ccccc45)C(=O)[C@H]13)O2. The van der Waals surface area contributed by atoms with Crippen LogP contribution >= 0.6 is 0 Å². The molecule has 36 heavy (non-hydrogen) atoms. The predicted molar refractivity (Wildman–Crippen MR) is 137 cm³/mol. The van der Waals surface area contributed by atoms with Gasteiger partial charge in [-0.1, -0.05) is 48.6 Å². The van der Waals surface area contributed by atoms with E-state index in [9.17, 15) is 9.59 Å². The number of amides is 2. The van der Waals surface area contributed by atoms with Crippen LogP contribution in [0.2, 0.25) is 0 Å². The summed E-state index contributed by atoms with van der Waals surface area (Å²) >= 11 is 0. The molecule has 2 fully saturated rings. The molecule has 3 aliphatic heterocycles. The molecule has 3 aliphatic rings. The molecule has 7 rings (SSSR count). The molecule has 0 radical (unpaired) electrons. The summed E-state index contributed by atoms with van der Waals surface area (Å²) in [7, 11) is 0. The van der Waals surface area contributed by atoms with E-state index in [1.54, 1.807) is 0 Å². The maximum absolute atomic E-state index is 13.5. The first-order chi connectivity index (χ1) is 17.6. The van der Waals surface area contributed by atoms with E-state index >= 15 is 0 Å². The normalized spacial score (nSPS) is 26.4. The van der Waals surface area contributed by atoms with E-state index in [2.05, 4.69) is 33.5 Å². The fourth-order valence-electron chi connectivity index (χ4n) is 6.44. The molecule has 2 saturated heterocycles. The van der Waals surface area contributed by atoms with Gasteiger partial charge in [-0.2, -0.15) is 0 Å². The number of H-pyrrole nitrogens is 2. The summed E-state index contributed by atoms with van der Waals surface area (Å²) in [6.45, 7) is 1.63. The van der Waals surface area contributed by atoms with Crippen molar-refractivity contribution in [3.05, 3.63) is 84.2 Å². The molecule has 0 saturated carbocycles. The van der Waals surface area contributed by atoms with Crippen LogP contribution in [0.5, 0.6) is 0 Å². The Bertz CT molecular complexity index is 1520. The van der Waals surface area contributed by atoms with E-state index in [0.717, 1.165) is 23.9 Å². The van der Waals surface area contributed by atoms with Crippen molar-refractivity contribution < 1.29 is 14.3 Å². The molecule has 2 aromatic heterocycles. The van der Waals surface area contributed by atoms with Gasteiger partial charge in [0.05, 0.1) is 24.5 Å². The van der Waals surface area contributed by atoms with Gasteiger partial charge in [-0.05, 0) is 36.1 Å². The summed E-state index contributed by atoms with van der Waals surface area (Å²) in [5.74, 6) is -1.01. The summed E-state index contributed by atoms with van der Waals surface area (Å²) in [6, 6.07) is 16.4. The lowest BCUT2D eigenvalue weighted by molar-refractivity contribution is -0.137. The first-order valence-corrected chi connectivity index (χ1v) is 12.7. The van der Waals surface area contributed by atoms with Gasteiger partial charge < -0.3 is 24.9 Å². The molecule has 1 spiro atoms. The standard InChI is InChI=1S/C29H28N4O3/c34-27(30-13-10-18-15-31-22-7-3-1-5-20(18)22)25-24-9-12-29(36-24)17-33(28(35)26(25)29)14-11-19-16-32-23-8-4-2-6-21(19)23/h1-9,12,15-16,24-26,31-32H,10-11,13-14,17H2,(H,30,34)/t24-,25-,26-,29+/m0/s1. The molecule has 7 heteroatoms. The average molecular weight is 481 g/mol. The van der Waals surface area contributed by atoms with Crippen LogP contribution in [0.3, 0.4) is 0 Å². The first kappa shape index (κ1) is 21.4. The van der Waals surface area contributed by atoms with Crippen molar-refractivity contribution in [3.8, 4) is 0 Å². The highest BCUT2D eigenvalue weighted by Gasteiger charge is 2.66. The number of ether oxygens (including phenoxy) is 1. The number of rotatable bonds is 7. The number of hydrogen-bond donors (Lipinski definition) is 3. The molecule has 7 nitrogen and oxygen atoms in total. The predicted octanol–water partition coefficient (Wildman–Crippen LogP) is 3.33. The minimum absolute atomic E-state index is 0.0264. The van der Waals surface area contributed by atoms with Crippen molar-refractivity contribution in [1.29, 1.82) is 0 Å². The Hall–Kier alpha value is -3.84. The molecule has 5 heterocycles. The third-order valence-electron chi connectivity index (χ3n) is 8.18. The van der Waals surface area contributed by atoms with Crippen LogP contribution in [0.4, 0.5) is 0 Å². The number of carbonyl (C=O) groups excluding carboxylic acids is 2. The zero-order valence-corrected chi connectivity index (χ0v) is 19.9. The van der Waals surface area contributed by atoms with Gasteiger partial charge in [0, 0.05) is 47.3 Å². The van der Waals surface area contributed by atoms with Crippen molar-refractivity contribution in [2.24, 2.45) is 11.8 Å². The Morgan fingerprint density at radius 3 is 2.39 bits per heavy atom. The van der Waals surface area contributed by atoms with Gasteiger partial charge in [0.1, 0.15) is 5.60 Å². The van der Waals surface area contributed by atoms with Gasteiger partial charge in [0.2, 0.25) is 11.8 Å². The van der Waals surface area contributed by atoms with Crippen molar-refractivity contribution in [2.75, 3.05) is 19.6 Å². The highest BCUT2D eigenvalue weighted by Crippen LogP contribution is 2.51. The van der Waals surface area contributed by atoms with E-state index in [1.165, 1.54) is 21.9 Å². The molecule has 182 valence electrons. The van der Waals surface area contributed by atoms with Crippen LogP contribution in [0, 0.1) is 11.8 Å². The molecule has 0 aliphatic carbocycles. The lowest BCUT2D eigenvalue weighted by atomic mass is 9.77. The zero-order chi connectivity index (χ0) is 24.3. The highest BCUT2D eigenvalue weighted by atomic mass is 16.5. The monoisotopic (exact) mass is 480 g/mol. The molecule has 2 aromatic carbocycles. The molecule has 0 unspecified atom stereocenters. The number of fused-ring (bicyclic) bond motifs is 3. The molecule has 2 bridgehead atoms. The van der Waals surface area contributed by atoms with E-state index in [1.807, 2.05) is 59.8 Å². The fraction of sp³-hybridized carbons (Fsp3) is 0.310. The van der Waals surface area contributed by atoms with Crippen LogP contribution in [0.25, 0.3) is 21.8 Å². The number of aromatic nitrogens is 2. The van der Waals surface area contributed by atoms with Crippen molar-refractivity contribution in [2.45, 2.75) is 24.5 Å². The first-order valence-electron chi connectivity index (χ1n) is 12.7. The molecule has 4 atom stereocenters. The average Bonchev–Trinajstić information content (AvgIpc) is 3.70. The summed E-state index contributed by atoms with van der Waals surface area (Å²) in [4.78, 5) is 35.3. The third kappa shape index (κ3) is 3.23. The summed E-state index contributed by atoms with van der Waals surface area (Å²) in [5, 5.41) is 5.45.